The molecule has 0 radical (unpaired) electrons. The fraction of sp³-hybridized carbons (Fsp3) is 0.308. The highest BCUT2D eigenvalue weighted by Gasteiger charge is 2.32. The summed E-state index contributed by atoms with van der Waals surface area (Å²) in [4.78, 5) is 12.1. The number of carbonyl (C=O) groups excluding carboxylic acids is 1. The van der Waals surface area contributed by atoms with Crippen molar-refractivity contribution in [3.05, 3.63) is 34.4 Å². The van der Waals surface area contributed by atoms with Crippen molar-refractivity contribution in [2.45, 2.75) is 12.8 Å². The molecule has 0 N–H and O–H groups in total. The van der Waals surface area contributed by atoms with Gasteiger partial charge in [-0.25, -0.2) is 0 Å². The first-order valence-corrected chi connectivity index (χ1v) is 6.25. The van der Waals surface area contributed by atoms with Gasteiger partial charge in [0.05, 0.1) is 0 Å². The lowest BCUT2D eigenvalue weighted by molar-refractivity contribution is 0.0969. The largest absolute Gasteiger partial charge is 0.350 e. The molecule has 1 heterocycles. The van der Waals surface area contributed by atoms with E-state index >= 15 is 0 Å². The van der Waals surface area contributed by atoms with E-state index in [1.807, 2.05) is 36.0 Å². The predicted octanol–water partition coefficient (Wildman–Crippen LogP) is 3.53. The van der Waals surface area contributed by atoms with Gasteiger partial charge < -0.3 is 4.57 Å². The standard InChI is InChI=1S/C13H12BrNO/c1-15-7-11(13(16)8-2-3-8)10-6-9(14)4-5-12(10)15/h4-8H,2-3H2,1H3. The van der Waals surface area contributed by atoms with Crippen molar-refractivity contribution < 1.29 is 4.79 Å². The summed E-state index contributed by atoms with van der Waals surface area (Å²) in [5.74, 6) is 0.591. The number of ketones is 1. The van der Waals surface area contributed by atoms with Gasteiger partial charge in [-0.2, -0.15) is 0 Å². The topological polar surface area (TPSA) is 22.0 Å². The maximum Gasteiger partial charge on any atom is 0.168 e. The second-order valence-electron chi connectivity index (χ2n) is 4.45. The van der Waals surface area contributed by atoms with E-state index in [4.69, 9.17) is 0 Å². The molecule has 2 nitrogen and oxygen atoms in total. The van der Waals surface area contributed by atoms with Crippen molar-refractivity contribution in [2.75, 3.05) is 0 Å². The second-order valence-corrected chi connectivity index (χ2v) is 5.37. The summed E-state index contributed by atoms with van der Waals surface area (Å²) in [7, 11) is 1.99. The van der Waals surface area contributed by atoms with Gasteiger partial charge in [-0.3, -0.25) is 4.79 Å². The number of fused-ring (bicyclic) bond motifs is 1. The lowest BCUT2D eigenvalue weighted by atomic mass is 10.1. The monoisotopic (exact) mass is 277 g/mol. The third kappa shape index (κ3) is 1.50. The first kappa shape index (κ1) is 10.1. The molecule has 3 heteroatoms. The van der Waals surface area contributed by atoms with Crippen LogP contribution >= 0.6 is 15.9 Å². The van der Waals surface area contributed by atoms with Crippen LogP contribution in [0.15, 0.2) is 28.9 Å². The summed E-state index contributed by atoms with van der Waals surface area (Å²) in [6.45, 7) is 0. The molecule has 16 heavy (non-hydrogen) atoms. The lowest BCUT2D eigenvalue weighted by Crippen LogP contribution is -1.99. The number of aryl methyl sites for hydroxylation is 1. The van der Waals surface area contributed by atoms with E-state index in [9.17, 15) is 4.79 Å². The van der Waals surface area contributed by atoms with E-state index in [0.29, 0.717) is 5.78 Å². The normalized spacial score (nSPS) is 15.6. The van der Waals surface area contributed by atoms with Gasteiger partial charge in [0.25, 0.3) is 0 Å². The number of halogens is 1. The van der Waals surface area contributed by atoms with Gasteiger partial charge in [0.15, 0.2) is 5.78 Å². The number of aromatic nitrogens is 1. The van der Waals surface area contributed by atoms with Gasteiger partial charge in [0.1, 0.15) is 0 Å². The van der Waals surface area contributed by atoms with Gasteiger partial charge in [-0.15, -0.1) is 0 Å². The fourth-order valence-electron chi connectivity index (χ4n) is 2.13. The molecule has 3 rings (SSSR count). The van der Waals surface area contributed by atoms with Crippen molar-refractivity contribution in [3.63, 3.8) is 0 Å². The lowest BCUT2D eigenvalue weighted by Gasteiger charge is -1.97. The third-order valence-corrected chi connectivity index (χ3v) is 3.66. The smallest absolute Gasteiger partial charge is 0.168 e. The zero-order chi connectivity index (χ0) is 11.3. The Bertz CT molecular complexity index is 581. The molecule has 1 fully saturated rings. The maximum absolute atomic E-state index is 12.1. The predicted molar refractivity (Wildman–Crippen MR) is 67.7 cm³/mol. The Morgan fingerprint density at radius 3 is 2.88 bits per heavy atom. The van der Waals surface area contributed by atoms with Gasteiger partial charge in [-0.05, 0) is 31.0 Å². The zero-order valence-electron chi connectivity index (χ0n) is 9.03. The van der Waals surface area contributed by atoms with E-state index in [0.717, 1.165) is 33.8 Å². The average Bonchev–Trinajstić information content (AvgIpc) is 3.04. The molecule has 0 bridgehead atoms. The van der Waals surface area contributed by atoms with Crippen LogP contribution in [0.4, 0.5) is 0 Å². The van der Waals surface area contributed by atoms with E-state index in [-0.39, 0.29) is 5.92 Å². The molecule has 1 aromatic carbocycles. The number of hydrogen-bond donors (Lipinski definition) is 0. The Kier molecular flexibility index (Phi) is 2.18. The minimum absolute atomic E-state index is 0.282. The number of hydrogen-bond acceptors (Lipinski definition) is 1. The highest BCUT2D eigenvalue weighted by Crippen LogP contribution is 2.35. The van der Waals surface area contributed by atoms with Crippen molar-refractivity contribution in [1.82, 2.24) is 4.57 Å². The van der Waals surface area contributed by atoms with Crippen LogP contribution in [0.1, 0.15) is 23.2 Å². The van der Waals surface area contributed by atoms with Gasteiger partial charge in [0, 0.05) is 40.1 Å². The van der Waals surface area contributed by atoms with Crippen LogP contribution in [0.2, 0.25) is 0 Å². The minimum atomic E-state index is 0.282. The van der Waals surface area contributed by atoms with Crippen LogP contribution in [0.3, 0.4) is 0 Å². The zero-order valence-corrected chi connectivity index (χ0v) is 10.6. The Morgan fingerprint density at radius 1 is 1.44 bits per heavy atom. The number of carbonyl (C=O) groups is 1. The van der Waals surface area contributed by atoms with Crippen molar-refractivity contribution in [2.24, 2.45) is 13.0 Å². The van der Waals surface area contributed by atoms with E-state index < -0.39 is 0 Å². The summed E-state index contributed by atoms with van der Waals surface area (Å²) < 4.78 is 3.05. The molecule has 1 aliphatic carbocycles. The summed E-state index contributed by atoms with van der Waals surface area (Å²) >= 11 is 3.46. The molecule has 2 aromatic rings. The fourth-order valence-corrected chi connectivity index (χ4v) is 2.49. The quantitative estimate of drug-likeness (QED) is 0.770. The molecule has 0 spiro atoms. The van der Waals surface area contributed by atoms with E-state index in [2.05, 4.69) is 15.9 Å². The van der Waals surface area contributed by atoms with Gasteiger partial charge in [-0.1, -0.05) is 15.9 Å². The Morgan fingerprint density at radius 2 is 2.19 bits per heavy atom. The van der Waals surface area contributed by atoms with Crippen molar-refractivity contribution in [1.29, 1.82) is 0 Å². The SMILES string of the molecule is Cn1cc(C(=O)C2CC2)c2cc(Br)ccc21. The van der Waals surface area contributed by atoms with Crippen molar-refractivity contribution >= 4 is 32.6 Å². The van der Waals surface area contributed by atoms with Crippen LogP contribution in [-0.2, 0) is 7.05 Å². The summed E-state index contributed by atoms with van der Waals surface area (Å²) in [6, 6.07) is 6.09. The molecule has 1 aromatic heterocycles. The van der Waals surface area contributed by atoms with Crippen molar-refractivity contribution in [3.8, 4) is 0 Å². The highest BCUT2D eigenvalue weighted by molar-refractivity contribution is 9.10. The highest BCUT2D eigenvalue weighted by atomic mass is 79.9. The third-order valence-electron chi connectivity index (χ3n) is 3.17. The minimum Gasteiger partial charge on any atom is -0.350 e. The van der Waals surface area contributed by atoms with Crippen LogP contribution in [0, 0.1) is 5.92 Å². The Labute approximate surface area is 102 Å². The number of nitrogens with zero attached hydrogens (tertiary/aromatic N) is 1. The van der Waals surface area contributed by atoms with Gasteiger partial charge in [0.2, 0.25) is 0 Å². The van der Waals surface area contributed by atoms with E-state index in [1.54, 1.807) is 0 Å². The molecule has 0 unspecified atom stereocenters. The number of Topliss-reactive ketones (excluding diaryl/α,β-unsaturated/α-hetero) is 1. The Hall–Kier alpha value is -1.09. The molecule has 0 aliphatic heterocycles. The molecular weight excluding hydrogens is 266 g/mol. The van der Waals surface area contributed by atoms with Crippen LogP contribution in [0.5, 0.6) is 0 Å². The first-order valence-electron chi connectivity index (χ1n) is 5.45. The van der Waals surface area contributed by atoms with E-state index in [1.165, 1.54) is 0 Å². The maximum atomic E-state index is 12.1. The molecule has 1 aliphatic rings. The molecular formula is C13H12BrNO. The van der Waals surface area contributed by atoms with Crippen LogP contribution in [0.25, 0.3) is 10.9 Å². The number of benzene rings is 1. The molecule has 0 atom stereocenters. The first-order chi connectivity index (χ1) is 7.66. The van der Waals surface area contributed by atoms with Crippen LogP contribution < -0.4 is 0 Å². The summed E-state index contributed by atoms with van der Waals surface area (Å²) in [5, 5.41) is 1.06. The van der Waals surface area contributed by atoms with Crippen LogP contribution in [-0.4, -0.2) is 10.4 Å². The molecule has 1 saturated carbocycles. The second kappa shape index (κ2) is 3.45. The average molecular weight is 278 g/mol. The molecule has 0 saturated heterocycles. The van der Waals surface area contributed by atoms with Gasteiger partial charge >= 0.3 is 0 Å². The Balaban J connectivity index is 2.23. The summed E-state index contributed by atoms with van der Waals surface area (Å²) in [6.07, 6.45) is 4.07. The summed E-state index contributed by atoms with van der Waals surface area (Å²) in [5.41, 5.74) is 1.99. The molecule has 0 amide bonds. The molecule has 82 valence electrons. The number of rotatable bonds is 2.